The van der Waals surface area contributed by atoms with Gasteiger partial charge in [-0.1, -0.05) is 42.5 Å². The lowest BCUT2D eigenvalue weighted by Crippen LogP contribution is -2.15. The lowest BCUT2D eigenvalue weighted by Gasteiger charge is -2.13. The van der Waals surface area contributed by atoms with Gasteiger partial charge in [-0.2, -0.15) is 0 Å². The number of nitrogens with zero attached hydrogens (tertiary/aromatic N) is 1. The molecule has 0 fully saturated rings. The summed E-state index contributed by atoms with van der Waals surface area (Å²) in [6.07, 6.45) is 1.71. The summed E-state index contributed by atoms with van der Waals surface area (Å²) in [6.45, 7) is 1.75. The van der Waals surface area contributed by atoms with Crippen LogP contribution in [0.2, 0.25) is 0 Å². The maximum atomic E-state index is 12.8. The zero-order chi connectivity index (χ0) is 22.8. The Hall–Kier alpha value is -3.57. The number of ether oxygens (including phenoxy) is 2. The highest BCUT2D eigenvalue weighted by atomic mass is 35.5. The second kappa shape index (κ2) is 8.89. The summed E-state index contributed by atoms with van der Waals surface area (Å²) in [5.74, 6) is 0.116. The molecule has 0 radical (unpaired) electrons. The van der Waals surface area contributed by atoms with Gasteiger partial charge in [-0.15, -0.1) is 11.6 Å². The lowest BCUT2D eigenvalue weighted by molar-refractivity contribution is -0.134. The predicted molar refractivity (Wildman–Crippen MR) is 126 cm³/mol. The van der Waals surface area contributed by atoms with Crippen LogP contribution in [-0.2, 0) is 4.79 Å². The molecule has 0 saturated carbocycles. The quantitative estimate of drug-likeness (QED) is 0.222. The highest BCUT2D eigenvalue weighted by Gasteiger charge is 2.31. The molecule has 6 heteroatoms. The maximum Gasteiger partial charge on any atom is 0.334 e. The number of ketones is 1. The topological polar surface area (TPSA) is 55.8 Å². The molecule has 1 atom stereocenters. The van der Waals surface area contributed by atoms with Crippen LogP contribution in [0, 0.1) is 6.92 Å². The maximum absolute atomic E-state index is 12.8. The summed E-state index contributed by atoms with van der Waals surface area (Å²) in [4.78, 5) is 27.4. The van der Waals surface area contributed by atoms with Crippen LogP contribution in [0.15, 0.2) is 72.5 Å². The van der Waals surface area contributed by atoms with E-state index in [1.54, 1.807) is 49.4 Å². The van der Waals surface area contributed by atoms with Crippen LogP contribution in [0.5, 0.6) is 11.5 Å². The normalized spacial score (nSPS) is 14.6. The first-order chi connectivity index (χ1) is 15.3. The average molecular weight is 448 g/mol. The van der Waals surface area contributed by atoms with Crippen molar-refractivity contribution in [3.05, 3.63) is 94.7 Å². The van der Waals surface area contributed by atoms with Crippen LogP contribution < -0.4 is 14.4 Å². The summed E-state index contributed by atoms with van der Waals surface area (Å²) in [5, 5.41) is -0.938. The molecular formula is C26H22ClNO4. The number of allylic oxidation sites excluding steroid dienone is 1. The fraction of sp³-hybridized carbons (Fsp3) is 0.154. The van der Waals surface area contributed by atoms with Crippen LogP contribution >= 0.6 is 11.6 Å². The first-order valence-electron chi connectivity index (χ1n) is 10.1. The Balaban J connectivity index is 1.55. The van der Waals surface area contributed by atoms with E-state index in [2.05, 4.69) is 0 Å². The Bertz CT molecular complexity index is 1200. The van der Waals surface area contributed by atoms with Gasteiger partial charge in [0.15, 0.2) is 11.1 Å². The molecular weight excluding hydrogens is 426 g/mol. The average Bonchev–Trinajstić information content (AvgIpc) is 3.12. The van der Waals surface area contributed by atoms with E-state index in [9.17, 15) is 9.59 Å². The molecule has 0 aliphatic carbocycles. The smallest absolute Gasteiger partial charge is 0.334 e. The number of fused-ring (bicyclic) bond motifs is 1. The number of carbonyl (C=O) groups excluding carboxylic acids is 2. The van der Waals surface area contributed by atoms with Crippen molar-refractivity contribution in [1.82, 2.24) is 0 Å². The van der Waals surface area contributed by atoms with Crippen molar-refractivity contribution in [2.75, 3.05) is 19.0 Å². The number of esters is 1. The van der Waals surface area contributed by atoms with Crippen LogP contribution in [0.1, 0.15) is 32.4 Å². The lowest BCUT2D eigenvalue weighted by atomic mass is 10.1. The molecule has 32 heavy (non-hydrogen) atoms. The van der Waals surface area contributed by atoms with E-state index in [-0.39, 0.29) is 11.5 Å². The number of rotatable bonds is 5. The number of anilines is 1. The van der Waals surface area contributed by atoms with E-state index in [0.29, 0.717) is 28.2 Å². The van der Waals surface area contributed by atoms with Gasteiger partial charge in [0, 0.05) is 25.3 Å². The fourth-order valence-corrected chi connectivity index (χ4v) is 3.61. The van der Waals surface area contributed by atoms with Gasteiger partial charge in [0.25, 0.3) is 0 Å². The molecule has 0 aromatic heterocycles. The van der Waals surface area contributed by atoms with Gasteiger partial charge in [0.2, 0.25) is 5.78 Å². The van der Waals surface area contributed by atoms with Gasteiger partial charge in [-0.25, -0.2) is 4.79 Å². The largest absolute Gasteiger partial charge is 0.452 e. The molecule has 0 spiro atoms. The first-order valence-corrected chi connectivity index (χ1v) is 10.5. The Morgan fingerprint density at radius 3 is 2.38 bits per heavy atom. The molecule has 1 aliphatic heterocycles. The van der Waals surface area contributed by atoms with Gasteiger partial charge in [-0.3, -0.25) is 4.79 Å². The second-order valence-corrected chi connectivity index (χ2v) is 8.12. The van der Waals surface area contributed by atoms with Gasteiger partial charge in [0.1, 0.15) is 11.5 Å². The van der Waals surface area contributed by atoms with Crippen molar-refractivity contribution < 1.29 is 19.1 Å². The summed E-state index contributed by atoms with van der Waals surface area (Å²) < 4.78 is 11.4. The Morgan fingerprint density at radius 2 is 1.72 bits per heavy atom. The standard InChI is InChI=1S/C26H22ClNO4/c1-16-21(32-26(30)23(27)18-7-5-4-6-8-18)14-13-20-24(29)22(31-25(16)20)15-17-9-11-19(12-10-17)28(2)3/h4-15,23H,1-3H3/b22-15-. The SMILES string of the molecule is Cc1c(OC(=O)C(Cl)c2ccccc2)ccc2c1O/C(=C\c1ccc(N(C)C)cc1)C2=O. The number of hydrogen-bond donors (Lipinski definition) is 0. The Kier molecular flexibility index (Phi) is 6.01. The molecule has 1 unspecified atom stereocenters. The number of Topliss-reactive ketones (excluding diaryl/α,β-unsaturated/α-hetero) is 1. The van der Waals surface area contributed by atoms with Crippen LogP contribution in [0.25, 0.3) is 6.08 Å². The van der Waals surface area contributed by atoms with Crippen molar-refractivity contribution in [3.8, 4) is 11.5 Å². The molecule has 1 aliphatic rings. The fourth-order valence-electron chi connectivity index (χ4n) is 3.42. The summed E-state index contributed by atoms with van der Waals surface area (Å²) >= 11 is 6.27. The van der Waals surface area contributed by atoms with E-state index in [4.69, 9.17) is 21.1 Å². The van der Waals surface area contributed by atoms with E-state index in [1.807, 2.05) is 49.3 Å². The summed E-state index contributed by atoms with van der Waals surface area (Å²) in [7, 11) is 3.93. The number of hydrogen-bond acceptors (Lipinski definition) is 5. The third-order valence-corrected chi connectivity index (χ3v) is 5.68. The number of alkyl halides is 1. The van der Waals surface area contributed by atoms with Gasteiger partial charge < -0.3 is 14.4 Å². The van der Waals surface area contributed by atoms with Gasteiger partial charge >= 0.3 is 5.97 Å². The molecule has 1 heterocycles. The van der Waals surface area contributed by atoms with E-state index < -0.39 is 11.3 Å². The van der Waals surface area contributed by atoms with Crippen molar-refractivity contribution in [2.24, 2.45) is 0 Å². The van der Waals surface area contributed by atoms with Crippen LogP contribution in [0.4, 0.5) is 5.69 Å². The molecule has 4 rings (SSSR count). The highest BCUT2D eigenvalue weighted by molar-refractivity contribution is 6.30. The number of benzene rings is 3. The summed E-state index contributed by atoms with van der Waals surface area (Å²) in [6, 6.07) is 20.0. The molecule has 0 amide bonds. The van der Waals surface area contributed by atoms with E-state index in [1.165, 1.54) is 0 Å². The van der Waals surface area contributed by atoms with Crippen molar-refractivity contribution >= 4 is 35.1 Å². The third-order valence-electron chi connectivity index (χ3n) is 5.25. The van der Waals surface area contributed by atoms with Crippen LogP contribution in [0.3, 0.4) is 0 Å². The summed E-state index contributed by atoms with van der Waals surface area (Å²) in [5.41, 5.74) is 3.56. The number of carbonyl (C=O) groups is 2. The van der Waals surface area contributed by atoms with Gasteiger partial charge in [-0.05, 0) is 48.4 Å². The van der Waals surface area contributed by atoms with Gasteiger partial charge in [0.05, 0.1) is 5.56 Å². The number of halogens is 1. The van der Waals surface area contributed by atoms with E-state index >= 15 is 0 Å². The van der Waals surface area contributed by atoms with Crippen molar-refractivity contribution in [2.45, 2.75) is 12.3 Å². The van der Waals surface area contributed by atoms with Crippen LogP contribution in [-0.4, -0.2) is 25.8 Å². The predicted octanol–water partition coefficient (Wildman–Crippen LogP) is 5.56. The third kappa shape index (κ3) is 4.25. The zero-order valence-corrected chi connectivity index (χ0v) is 18.7. The second-order valence-electron chi connectivity index (χ2n) is 7.69. The Morgan fingerprint density at radius 1 is 1.03 bits per heavy atom. The molecule has 0 N–H and O–H groups in total. The van der Waals surface area contributed by atoms with E-state index in [0.717, 1.165) is 11.3 Å². The zero-order valence-electron chi connectivity index (χ0n) is 18.0. The monoisotopic (exact) mass is 447 g/mol. The minimum Gasteiger partial charge on any atom is -0.452 e. The first kappa shape index (κ1) is 21.7. The Labute approximate surface area is 191 Å². The molecule has 3 aromatic rings. The van der Waals surface area contributed by atoms with Crippen molar-refractivity contribution in [3.63, 3.8) is 0 Å². The molecule has 5 nitrogen and oxygen atoms in total. The molecule has 0 bridgehead atoms. The minimum absolute atomic E-state index is 0.211. The molecule has 3 aromatic carbocycles. The molecule has 162 valence electrons. The van der Waals surface area contributed by atoms with Crippen molar-refractivity contribution in [1.29, 1.82) is 0 Å². The molecule has 0 saturated heterocycles. The minimum atomic E-state index is -0.938. The highest BCUT2D eigenvalue weighted by Crippen LogP contribution is 2.40.